The van der Waals surface area contributed by atoms with Crippen molar-refractivity contribution in [2.75, 3.05) is 6.54 Å². The number of hydrogen-bond acceptors (Lipinski definition) is 4. The van der Waals surface area contributed by atoms with Gasteiger partial charge in [-0.1, -0.05) is 91.0 Å². The summed E-state index contributed by atoms with van der Waals surface area (Å²) in [7, 11) is 0. The predicted octanol–water partition coefficient (Wildman–Crippen LogP) is 7.40. The average molecular weight is 647 g/mol. The SMILES string of the molecule is O=C(C(Cc1ccccc1)N(Cc1ccc(-c2cccnn2)cc1)C(=O)C=Cc1ccc(C(F)(F)F)cc1)N1CCc2ccccc2C1. The van der Waals surface area contributed by atoms with Gasteiger partial charge in [-0.2, -0.15) is 23.4 Å². The van der Waals surface area contributed by atoms with Crippen LogP contribution in [0.1, 0.15) is 33.4 Å². The first-order valence-electron chi connectivity index (χ1n) is 15.7. The highest BCUT2D eigenvalue weighted by Crippen LogP contribution is 2.29. The number of aromatic nitrogens is 2. The van der Waals surface area contributed by atoms with Gasteiger partial charge in [-0.15, -0.1) is 0 Å². The van der Waals surface area contributed by atoms with E-state index in [0.717, 1.165) is 34.4 Å². The standard InChI is InChI=1S/C39H33F3N4O2/c40-39(41,42)34-19-14-28(15-20-34)16-21-37(47)46(26-30-12-17-32(18-13-30)35-11-6-23-43-44-35)36(25-29-7-2-1-3-8-29)38(48)45-24-22-31-9-4-5-10-33(31)27-45/h1-21,23,36H,22,24-27H2. The maximum atomic E-state index is 14.5. The largest absolute Gasteiger partial charge is 0.416 e. The van der Waals surface area contributed by atoms with E-state index >= 15 is 0 Å². The predicted molar refractivity (Wildman–Crippen MR) is 178 cm³/mol. The third-order valence-electron chi connectivity index (χ3n) is 8.49. The molecule has 0 fully saturated rings. The van der Waals surface area contributed by atoms with Gasteiger partial charge in [0.05, 0.1) is 11.3 Å². The molecule has 1 unspecified atom stereocenters. The molecule has 6 nitrogen and oxygen atoms in total. The second-order valence-electron chi connectivity index (χ2n) is 11.7. The molecule has 4 aromatic carbocycles. The third kappa shape index (κ3) is 7.86. The summed E-state index contributed by atoms with van der Waals surface area (Å²) in [6, 6.07) is 32.6. The van der Waals surface area contributed by atoms with Gasteiger partial charge in [0.25, 0.3) is 0 Å². The minimum Gasteiger partial charge on any atom is -0.336 e. The van der Waals surface area contributed by atoms with Gasteiger partial charge >= 0.3 is 6.18 Å². The summed E-state index contributed by atoms with van der Waals surface area (Å²) in [4.78, 5) is 32.0. The van der Waals surface area contributed by atoms with Crippen molar-refractivity contribution in [3.05, 3.63) is 161 Å². The number of rotatable bonds is 9. The van der Waals surface area contributed by atoms with E-state index in [0.29, 0.717) is 30.8 Å². The Labute approximate surface area is 277 Å². The van der Waals surface area contributed by atoms with Gasteiger partial charge in [0.2, 0.25) is 11.8 Å². The van der Waals surface area contributed by atoms with E-state index in [2.05, 4.69) is 16.3 Å². The first-order chi connectivity index (χ1) is 23.2. The van der Waals surface area contributed by atoms with Crippen LogP contribution in [0.25, 0.3) is 17.3 Å². The molecule has 2 amide bonds. The van der Waals surface area contributed by atoms with Crippen molar-refractivity contribution in [2.24, 2.45) is 0 Å². The summed E-state index contributed by atoms with van der Waals surface area (Å²) in [5.41, 5.74) is 5.21. The Morgan fingerprint density at radius 1 is 0.812 bits per heavy atom. The van der Waals surface area contributed by atoms with Gasteiger partial charge in [-0.05, 0) is 64.6 Å². The van der Waals surface area contributed by atoms with E-state index in [1.807, 2.05) is 83.8 Å². The van der Waals surface area contributed by atoms with Gasteiger partial charge in [-0.25, -0.2) is 0 Å². The van der Waals surface area contributed by atoms with Crippen LogP contribution in [0.3, 0.4) is 0 Å². The van der Waals surface area contributed by atoms with Gasteiger partial charge in [0, 0.05) is 43.9 Å². The molecule has 5 aromatic rings. The van der Waals surface area contributed by atoms with Crippen LogP contribution < -0.4 is 0 Å². The van der Waals surface area contributed by atoms with Crippen LogP contribution in [0, 0.1) is 0 Å². The van der Waals surface area contributed by atoms with Crippen LogP contribution in [0.2, 0.25) is 0 Å². The van der Waals surface area contributed by atoms with Crippen molar-refractivity contribution in [2.45, 2.75) is 38.1 Å². The number of benzene rings is 4. The number of nitrogens with zero attached hydrogens (tertiary/aromatic N) is 4. The highest BCUT2D eigenvalue weighted by molar-refractivity contribution is 5.96. The highest BCUT2D eigenvalue weighted by Gasteiger charge is 2.34. The van der Waals surface area contributed by atoms with Crippen LogP contribution in [0.4, 0.5) is 13.2 Å². The molecule has 9 heteroatoms. The number of hydrogen-bond donors (Lipinski definition) is 0. The molecule has 48 heavy (non-hydrogen) atoms. The Balaban J connectivity index is 1.34. The molecule has 0 saturated carbocycles. The molecule has 0 radical (unpaired) electrons. The summed E-state index contributed by atoms with van der Waals surface area (Å²) in [5.74, 6) is -0.597. The second-order valence-corrected chi connectivity index (χ2v) is 11.7. The minimum atomic E-state index is -4.46. The molecule has 0 bridgehead atoms. The normalized spacial score (nSPS) is 13.6. The van der Waals surface area contributed by atoms with Gasteiger partial charge < -0.3 is 9.80 Å². The first kappa shape index (κ1) is 32.4. The van der Waals surface area contributed by atoms with Crippen molar-refractivity contribution in [1.29, 1.82) is 0 Å². The summed E-state index contributed by atoms with van der Waals surface area (Å²) in [6.45, 7) is 1.10. The van der Waals surface area contributed by atoms with E-state index in [1.54, 1.807) is 17.2 Å². The lowest BCUT2D eigenvalue weighted by Crippen LogP contribution is -2.52. The lowest BCUT2D eigenvalue weighted by Gasteiger charge is -2.37. The quantitative estimate of drug-likeness (QED) is 0.157. The van der Waals surface area contributed by atoms with Gasteiger partial charge in [-0.3, -0.25) is 9.59 Å². The first-order valence-corrected chi connectivity index (χ1v) is 15.7. The number of carbonyl (C=O) groups excluding carboxylic acids is 2. The fraction of sp³-hybridized carbons (Fsp3) is 0.179. The van der Waals surface area contributed by atoms with Crippen molar-refractivity contribution in [1.82, 2.24) is 20.0 Å². The highest BCUT2D eigenvalue weighted by atomic mass is 19.4. The molecule has 1 aromatic heterocycles. The number of carbonyl (C=O) groups is 2. The van der Waals surface area contributed by atoms with Crippen molar-refractivity contribution in [3.8, 4) is 11.3 Å². The monoisotopic (exact) mass is 646 g/mol. The fourth-order valence-corrected chi connectivity index (χ4v) is 5.88. The van der Waals surface area contributed by atoms with E-state index in [-0.39, 0.29) is 18.9 Å². The molecular weight excluding hydrogens is 613 g/mol. The number of halogens is 3. The fourth-order valence-electron chi connectivity index (χ4n) is 5.88. The number of fused-ring (bicyclic) bond motifs is 1. The summed E-state index contributed by atoms with van der Waals surface area (Å²) in [5, 5.41) is 8.12. The number of amides is 2. The summed E-state index contributed by atoms with van der Waals surface area (Å²) in [6.07, 6.45) is 0.948. The van der Waals surface area contributed by atoms with Gasteiger partial charge in [0.1, 0.15) is 6.04 Å². The molecule has 0 aliphatic carbocycles. The Kier molecular flexibility index (Phi) is 9.75. The molecular formula is C39H33F3N4O2. The lowest BCUT2D eigenvalue weighted by molar-refractivity contribution is -0.144. The van der Waals surface area contributed by atoms with Crippen LogP contribution in [-0.4, -0.2) is 44.4 Å². The topological polar surface area (TPSA) is 66.4 Å². The van der Waals surface area contributed by atoms with Crippen LogP contribution in [-0.2, 0) is 41.7 Å². The minimum absolute atomic E-state index is 0.130. The van der Waals surface area contributed by atoms with E-state index < -0.39 is 23.7 Å². The van der Waals surface area contributed by atoms with Crippen LogP contribution in [0.15, 0.2) is 128 Å². The van der Waals surface area contributed by atoms with E-state index in [1.165, 1.54) is 29.8 Å². The summed E-state index contributed by atoms with van der Waals surface area (Å²) < 4.78 is 39.4. The third-order valence-corrected chi connectivity index (χ3v) is 8.49. The molecule has 2 heterocycles. The van der Waals surface area contributed by atoms with Crippen LogP contribution >= 0.6 is 0 Å². The maximum absolute atomic E-state index is 14.5. The molecule has 1 aliphatic heterocycles. The molecule has 6 rings (SSSR count). The Bertz CT molecular complexity index is 1880. The second kappa shape index (κ2) is 14.5. The van der Waals surface area contributed by atoms with Gasteiger partial charge in [0.15, 0.2) is 0 Å². The Morgan fingerprint density at radius 3 is 2.21 bits per heavy atom. The average Bonchev–Trinajstić information content (AvgIpc) is 3.12. The van der Waals surface area contributed by atoms with Crippen molar-refractivity contribution in [3.63, 3.8) is 0 Å². The molecule has 1 aliphatic rings. The zero-order valence-corrected chi connectivity index (χ0v) is 26.1. The molecule has 0 spiro atoms. The zero-order chi connectivity index (χ0) is 33.5. The zero-order valence-electron chi connectivity index (χ0n) is 26.1. The smallest absolute Gasteiger partial charge is 0.336 e. The molecule has 242 valence electrons. The molecule has 0 N–H and O–H groups in total. The van der Waals surface area contributed by atoms with Crippen molar-refractivity contribution < 1.29 is 22.8 Å². The molecule has 0 saturated heterocycles. The van der Waals surface area contributed by atoms with E-state index in [4.69, 9.17) is 0 Å². The molecule has 1 atom stereocenters. The Morgan fingerprint density at radius 2 is 1.52 bits per heavy atom. The summed E-state index contributed by atoms with van der Waals surface area (Å²) >= 11 is 0. The Hall–Kier alpha value is -5.57. The van der Waals surface area contributed by atoms with Crippen LogP contribution in [0.5, 0.6) is 0 Å². The number of alkyl halides is 3. The van der Waals surface area contributed by atoms with E-state index in [9.17, 15) is 22.8 Å². The lowest BCUT2D eigenvalue weighted by atomic mass is 9.97. The maximum Gasteiger partial charge on any atom is 0.416 e. The van der Waals surface area contributed by atoms with Crippen molar-refractivity contribution >= 4 is 17.9 Å².